The number of amides is 1. The van der Waals surface area contributed by atoms with Gasteiger partial charge < -0.3 is 15.7 Å². The summed E-state index contributed by atoms with van der Waals surface area (Å²) in [5, 5.41) is 9.27. The summed E-state index contributed by atoms with van der Waals surface area (Å²) in [7, 11) is 0. The van der Waals surface area contributed by atoms with Crippen LogP contribution in [0.15, 0.2) is 12.7 Å². The van der Waals surface area contributed by atoms with Crippen LogP contribution in [0.5, 0.6) is 0 Å². The molecule has 0 aromatic rings. The van der Waals surface area contributed by atoms with Crippen molar-refractivity contribution < 1.29 is 14.7 Å². The largest absolute Gasteiger partial charge is 0.481 e. The fourth-order valence-corrected chi connectivity index (χ4v) is 2.46. The van der Waals surface area contributed by atoms with Crippen molar-refractivity contribution in [2.24, 2.45) is 17.1 Å². The summed E-state index contributed by atoms with van der Waals surface area (Å²) in [4.78, 5) is 25.1. The van der Waals surface area contributed by atoms with Crippen LogP contribution in [-0.4, -0.2) is 41.0 Å². The molecule has 1 aliphatic rings. The Labute approximate surface area is 114 Å². The molecule has 0 radical (unpaired) electrons. The fourth-order valence-electron chi connectivity index (χ4n) is 2.46. The molecule has 1 saturated heterocycles. The van der Waals surface area contributed by atoms with Crippen molar-refractivity contribution in [1.82, 2.24) is 4.90 Å². The molecule has 5 nitrogen and oxygen atoms in total. The highest BCUT2D eigenvalue weighted by atomic mass is 16.4. The van der Waals surface area contributed by atoms with Crippen LogP contribution in [0.2, 0.25) is 0 Å². The Balaban J connectivity index is 2.72. The van der Waals surface area contributed by atoms with E-state index in [1.54, 1.807) is 24.8 Å². The zero-order valence-electron chi connectivity index (χ0n) is 11.8. The van der Waals surface area contributed by atoms with Gasteiger partial charge in [-0.2, -0.15) is 0 Å². The third-order valence-corrected chi connectivity index (χ3v) is 4.04. The van der Waals surface area contributed by atoms with Crippen LogP contribution in [-0.2, 0) is 9.59 Å². The summed E-state index contributed by atoms with van der Waals surface area (Å²) >= 11 is 0. The van der Waals surface area contributed by atoms with Crippen LogP contribution in [0.4, 0.5) is 0 Å². The van der Waals surface area contributed by atoms with Crippen molar-refractivity contribution in [3.05, 3.63) is 12.7 Å². The van der Waals surface area contributed by atoms with Gasteiger partial charge in [-0.3, -0.25) is 9.59 Å². The van der Waals surface area contributed by atoms with Crippen LogP contribution in [0.25, 0.3) is 0 Å². The minimum absolute atomic E-state index is 0.0290. The highest BCUT2D eigenvalue weighted by Crippen LogP contribution is 2.34. The van der Waals surface area contributed by atoms with Crippen LogP contribution >= 0.6 is 0 Å². The molecule has 1 aliphatic heterocycles. The number of carbonyl (C=O) groups excluding carboxylic acids is 1. The molecule has 2 unspecified atom stereocenters. The Morgan fingerprint density at radius 3 is 2.74 bits per heavy atom. The van der Waals surface area contributed by atoms with E-state index in [2.05, 4.69) is 6.58 Å². The summed E-state index contributed by atoms with van der Waals surface area (Å²) in [5.74, 6) is -0.952. The summed E-state index contributed by atoms with van der Waals surface area (Å²) in [5.41, 5.74) is 4.98. The van der Waals surface area contributed by atoms with E-state index in [1.165, 1.54) is 0 Å². The van der Waals surface area contributed by atoms with Crippen LogP contribution in [0, 0.1) is 11.3 Å². The van der Waals surface area contributed by atoms with E-state index >= 15 is 0 Å². The predicted molar refractivity (Wildman–Crippen MR) is 73.5 cm³/mol. The smallest absolute Gasteiger partial charge is 0.309 e. The maximum Gasteiger partial charge on any atom is 0.309 e. The lowest BCUT2D eigenvalue weighted by atomic mass is 9.74. The molecule has 1 rings (SSSR count). The average molecular weight is 268 g/mol. The lowest BCUT2D eigenvalue weighted by Crippen LogP contribution is -2.51. The van der Waals surface area contributed by atoms with Crippen molar-refractivity contribution in [2.45, 2.75) is 39.2 Å². The molecule has 108 valence electrons. The molecule has 3 N–H and O–H groups in total. The number of nitrogens with zero attached hydrogens (tertiary/aromatic N) is 1. The van der Waals surface area contributed by atoms with Gasteiger partial charge in [0, 0.05) is 13.1 Å². The van der Waals surface area contributed by atoms with Crippen molar-refractivity contribution in [2.75, 3.05) is 13.1 Å². The van der Waals surface area contributed by atoms with Gasteiger partial charge >= 0.3 is 5.97 Å². The highest BCUT2D eigenvalue weighted by molar-refractivity contribution is 5.82. The number of piperidine rings is 1. The zero-order valence-corrected chi connectivity index (χ0v) is 11.8. The van der Waals surface area contributed by atoms with Crippen molar-refractivity contribution in [1.29, 1.82) is 0 Å². The fraction of sp³-hybridized carbons (Fsp3) is 0.714. The second-order valence-corrected chi connectivity index (χ2v) is 5.78. The van der Waals surface area contributed by atoms with Crippen molar-refractivity contribution >= 4 is 11.9 Å². The lowest BCUT2D eigenvalue weighted by Gasteiger charge is -2.40. The van der Waals surface area contributed by atoms with Gasteiger partial charge in [0.2, 0.25) is 5.91 Å². The van der Waals surface area contributed by atoms with Gasteiger partial charge in [-0.1, -0.05) is 6.08 Å². The summed E-state index contributed by atoms with van der Waals surface area (Å²) in [6.07, 6.45) is 3.74. The number of carbonyl (C=O) groups is 2. The van der Waals surface area contributed by atoms with Gasteiger partial charge in [-0.05, 0) is 39.0 Å². The van der Waals surface area contributed by atoms with E-state index < -0.39 is 17.4 Å². The first-order valence-electron chi connectivity index (χ1n) is 6.69. The third-order valence-electron chi connectivity index (χ3n) is 4.04. The summed E-state index contributed by atoms with van der Waals surface area (Å²) < 4.78 is 0. The molecule has 2 atom stereocenters. The van der Waals surface area contributed by atoms with E-state index in [4.69, 9.17) is 5.73 Å². The minimum Gasteiger partial charge on any atom is -0.481 e. The number of aliphatic carboxylic acids is 1. The van der Waals surface area contributed by atoms with E-state index in [-0.39, 0.29) is 11.8 Å². The molecular formula is C14H24N2O3. The van der Waals surface area contributed by atoms with Gasteiger partial charge in [0.1, 0.15) is 0 Å². The third kappa shape index (κ3) is 3.56. The maximum absolute atomic E-state index is 12.1. The predicted octanol–water partition coefficient (Wildman–Crippen LogP) is 1.24. The standard InChI is InChI=1S/C14H24N2O3/c1-4-6-11(15)12(17)16-8-5-7-10(9-16)14(2,3)13(18)19/h4,10-11H,1,5-9,15H2,2-3H3,(H,18,19). The van der Waals surface area contributed by atoms with Gasteiger partial charge in [-0.15, -0.1) is 6.58 Å². The van der Waals surface area contributed by atoms with E-state index in [9.17, 15) is 14.7 Å². The van der Waals surface area contributed by atoms with Gasteiger partial charge in [-0.25, -0.2) is 0 Å². The van der Waals surface area contributed by atoms with Crippen molar-refractivity contribution in [3.63, 3.8) is 0 Å². The first kappa shape index (κ1) is 15.7. The maximum atomic E-state index is 12.1. The van der Waals surface area contributed by atoms with Crippen LogP contribution in [0.3, 0.4) is 0 Å². The van der Waals surface area contributed by atoms with Crippen LogP contribution < -0.4 is 5.73 Å². The lowest BCUT2D eigenvalue weighted by molar-refractivity contribution is -0.153. The Bertz CT molecular complexity index is 366. The van der Waals surface area contributed by atoms with Gasteiger partial charge in [0.05, 0.1) is 11.5 Å². The number of hydrogen-bond donors (Lipinski definition) is 2. The molecule has 0 aromatic heterocycles. The molecule has 5 heteroatoms. The Morgan fingerprint density at radius 1 is 1.58 bits per heavy atom. The average Bonchev–Trinajstić information content (AvgIpc) is 2.38. The second-order valence-electron chi connectivity index (χ2n) is 5.78. The number of nitrogens with two attached hydrogens (primary N) is 1. The second kappa shape index (κ2) is 6.19. The van der Waals surface area contributed by atoms with Gasteiger partial charge in [0.25, 0.3) is 0 Å². The van der Waals surface area contributed by atoms with E-state index in [0.717, 1.165) is 12.8 Å². The number of rotatable bonds is 5. The normalized spacial score (nSPS) is 21.8. The molecule has 0 aliphatic carbocycles. The van der Waals surface area contributed by atoms with Gasteiger partial charge in [0.15, 0.2) is 0 Å². The van der Waals surface area contributed by atoms with E-state index in [1.807, 2.05) is 0 Å². The number of hydrogen-bond acceptors (Lipinski definition) is 3. The Hall–Kier alpha value is -1.36. The molecule has 0 spiro atoms. The number of likely N-dealkylation sites (tertiary alicyclic amines) is 1. The summed E-state index contributed by atoms with van der Waals surface area (Å²) in [6.45, 7) is 8.15. The molecular weight excluding hydrogens is 244 g/mol. The zero-order chi connectivity index (χ0) is 14.6. The molecule has 0 saturated carbocycles. The van der Waals surface area contributed by atoms with E-state index in [0.29, 0.717) is 19.5 Å². The SMILES string of the molecule is C=CCC(N)C(=O)N1CCCC(C(C)(C)C(=O)O)C1. The molecule has 0 aromatic carbocycles. The molecule has 1 amide bonds. The Kier molecular flexibility index (Phi) is 5.11. The molecule has 1 fully saturated rings. The number of carboxylic acid groups (broad SMARTS) is 1. The summed E-state index contributed by atoms with van der Waals surface area (Å²) in [6, 6.07) is -0.566. The minimum atomic E-state index is -0.818. The molecule has 1 heterocycles. The quantitative estimate of drug-likeness (QED) is 0.735. The van der Waals surface area contributed by atoms with Crippen molar-refractivity contribution in [3.8, 4) is 0 Å². The first-order valence-corrected chi connectivity index (χ1v) is 6.69. The topological polar surface area (TPSA) is 83.6 Å². The number of carboxylic acids is 1. The Morgan fingerprint density at radius 2 is 2.21 bits per heavy atom. The molecule has 0 bridgehead atoms. The first-order chi connectivity index (χ1) is 8.80. The van der Waals surface area contributed by atoms with Crippen LogP contribution in [0.1, 0.15) is 33.1 Å². The molecule has 19 heavy (non-hydrogen) atoms. The monoisotopic (exact) mass is 268 g/mol. The highest BCUT2D eigenvalue weighted by Gasteiger charge is 2.40.